The molecule has 0 unspecified atom stereocenters. The molecule has 1 aromatic heterocycles. The fourth-order valence-corrected chi connectivity index (χ4v) is 2.84. The summed E-state index contributed by atoms with van der Waals surface area (Å²) >= 11 is 0. The first-order chi connectivity index (χ1) is 10.7. The van der Waals surface area contributed by atoms with Gasteiger partial charge in [-0.1, -0.05) is 19.9 Å². The molecule has 0 atom stereocenters. The lowest BCUT2D eigenvalue weighted by atomic mass is 10.2. The van der Waals surface area contributed by atoms with Crippen LogP contribution in [0.25, 0.3) is 0 Å². The van der Waals surface area contributed by atoms with E-state index < -0.39 is 9.84 Å². The van der Waals surface area contributed by atoms with E-state index in [9.17, 15) is 13.2 Å². The molecular weight excluding hydrogens is 314 g/mol. The molecule has 0 saturated heterocycles. The van der Waals surface area contributed by atoms with Crippen LogP contribution in [0.1, 0.15) is 24.2 Å². The Morgan fingerprint density at radius 3 is 2.65 bits per heavy atom. The smallest absolute Gasteiger partial charge is 0.261 e. The van der Waals surface area contributed by atoms with E-state index in [1.165, 1.54) is 23.2 Å². The van der Waals surface area contributed by atoms with Crippen LogP contribution in [0, 0.1) is 5.92 Å². The summed E-state index contributed by atoms with van der Waals surface area (Å²) in [6.45, 7) is 4.89. The van der Waals surface area contributed by atoms with Gasteiger partial charge in [-0.25, -0.2) is 8.42 Å². The van der Waals surface area contributed by atoms with Gasteiger partial charge in [-0.2, -0.15) is 5.10 Å². The van der Waals surface area contributed by atoms with Gasteiger partial charge in [0.15, 0.2) is 9.84 Å². The molecule has 124 valence electrons. The molecule has 0 fully saturated rings. The summed E-state index contributed by atoms with van der Waals surface area (Å²) in [5.41, 5.74) is 0.993. The Balaban J connectivity index is 2.24. The van der Waals surface area contributed by atoms with E-state index >= 15 is 0 Å². The van der Waals surface area contributed by atoms with Crippen LogP contribution < -0.4 is 4.90 Å². The first-order valence-corrected chi connectivity index (χ1v) is 9.18. The highest BCUT2D eigenvalue weighted by Gasteiger charge is 2.17. The zero-order chi connectivity index (χ0) is 17.2. The lowest BCUT2D eigenvalue weighted by Gasteiger charge is -2.17. The molecule has 7 heteroatoms. The van der Waals surface area contributed by atoms with Crippen LogP contribution in [0.15, 0.2) is 41.6 Å². The van der Waals surface area contributed by atoms with Crippen molar-refractivity contribution in [1.82, 2.24) is 9.78 Å². The predicted molar refractivity (Wildman–Crippen MR) is 89.4 cm³/mol. The van der Waals surface area contributed by atoms with Crippen molar-refractivity contribution < 1.29 is 13.2 Å². The Morgan fingerprint density at radius 1 is 1.35 bits per heavy atom. The van der Waals surface area contributed by atoms with E-state index in [2.05, 4.69) is 18.9 Å². The third-order valence-corrected chi connectivity index (χ3v) is 4.48. The molecule has 0 N–H and O–H groups in total. The van der Waals surface area contributed by atoms with Gasteiger partial charge < -0.3 is 4.90 Å². The number of carbonyl (C=O) groups is 1. The van der Waals surface area contributed by atoms with Crippen LogP contribution in [0.4, 0.5) is 5.69 Å². The quantitative estimate of drug-likeness (QED) is 0.840. The number of hydrogen-bond acceptors (Lipinski definition) is 4. The van der Waals surface area contributed by atoms with Crippen LogP contribution in [0.5, 0.6) is 0 Å². The van der Waals surface area contributed by atoms with Crippen LogP contribution in [-0.2, 0) is 16.4 Å². The first kappa shape index (κ1) is 17.2. The van der Waals surface area contributed by atoms with Crippen LogP contribution in [0.2, 0.25) is 0 Å². The second-order valence-electron chi connectivity index (χ2n) is 5.98. The van der Waals surface area contributed by atoms with Crippen molar-refractivity contribution in [2.24, 2.45) is 5.92 Å². The third-order valence-electron chi connectivity index (χ3n) is 3.37. The Bertz CT molecular complexity index is 809. The molecule has 0 bridgehead atoms. The Hall–Kier alpha value is -2.15. The molecule has 2 aromatic rings. The van der Waals surface area contributed by atoms with Crippen molar-refractivity contribution >= 4 is 21.4 Å². The summed E-state index contributed by atoms with van der Waals surface area (Å²) in [4.78, 5) is 14.1. The molecule has 0 radical (unpaired) electrons. The monoisotopic (exact) mass is 335 g/mol. The van der Waals surface area contributed by atoms with Crippen molar-refractivity contribution in [3.63, 3.8) is 0 Å². The lowest BCUT2D eigenvalue weighted by Crippen LogP contribution is -2.26. The second kappa shape index (κ2) is 6.54. The van der Waals surface area contributed by atoms with Crippen LogP contribution >= 0.6 is 0 Å². The van der Waals surface area contributed by atoms with E-state index in [4.69, 9.17) is 0 Å². The predicted octanol–water partition coefficient (Wildman–Crippen LogP) is 2.22. The number of rotatable bonds is 5. The summed E-state index contributed by atoms with van der Waals surface area (Å²) in [5, 5.41) is 4.18. The lowest BCUT2D eigenvalue weighted by molar-refractivity contribution is 0.0993. The highest BCUT2D eigenvalue weighted by atomic mass is 32.2. The normalized spacial score (nSPS) is 11.7. The van der Waals surface area contributed by atoms with Gasteiger partial charge in [0.2, 0.25) is 0 Å². The van der Waals surface area contributed by atoms with Gasteiger partial charge in [0.05, 0.1) is 16.7 Å². The highest BCUT2D eigenvalue weighted by Crippen LogP contribution is 2.20. The molecule has 0 saturated carbocycles. The molecule has 0 aliphatic heterocycles. The van der Waals surface area contributed by atoms with Gasteiger partial charge in [0, 0.05) is 31.7 Å². The zero-order valence-corrected chi connectivity index (χ0v) is 14.5. The van der Waals surface area contributed by atoms with Crippen molar-refractivity contribution in [2.45, 2.75) is 25.3 Å². The molecule has 0 aliphatic carbocycles. The van der Waals surface area contributed by atoms with Crippen LogP contribution in [-0.4, -0.2) is 37.4 Å². The molecule has 1 amide bonds. The van der Waals surface area contributed by atoms with E-state index in [1.54, 1.807) is 30.1 Å². The molecule has 6 nitrogen and oxygen atoms in total. The Morgan fingerprint density at radius 2 is 2.04 bits per heavy atom. The number of sulfone groups is 1. The number of anilines is 1. The third kappa shape index (κ3) is 4.19. The summed E-state index contributed by atoms with van der Waals surface area (Å²) in [5.74, 6) is 0.202. The standard InChI is InChI=1S/C16H21N3O3S/c1-12(2)10-19-11-13(9-17-19)16(20)18(3)14-6-5-7-15(8-14)23(4,21)22/h5-9,11-12H,10H2,1-4H3. The van der Waals surface area contributed by atoms with E-state index in [-0.39, 0.29) is 10.8 Å². The minimum absolute atomic E-state index is 0.185. The topological polar surface area (TPSA) is 72.3 Å². The number of nitrogens with zero attached hydrogens (tertiary/aromatic N) is 3. The Kier molecular flexibility index (Phi) is 4.89. The maximum Gasteiger partial charge on any atom is 0.261 e. The maximum absolute atomic E-state index is 12.5. The number of hydrogen-bond donors (Lipinski definition) is 0. The second-order valence-corrected chi connectivity index (χ2v) is 7.99. The number of amides is 1. The maximum atomic E-state index is 12.5. The van der Waals surface area contributed by atoms with Crippen molar-refractivity contribution in [3.8, 4) is 0 Å². The average Bonchev–Trinajstić information content (AvgIpc) is 2.92. The van der Waals surface area contributed by atoms with Gasteiger partial charge in [-0.05, 0) is 24.1 Å². The minimum atomic E-state index is -3.31. The van der Waals surface area contributed by atoms with Gasteiger partial charge in [-0.3, -0.25) is 9.48 Å². The molecule has 23 heavy (non-hydrogen) atoms. The number of carbonyl (C=O) groups excluding carboxylic acids is 1. The van der Waals surface area contributed by atoms with Crippen LogP contribution in [0.3, 0.4) is 0 Å². The molecule has 0 aliphatic rings. The van der Waals surface area contributed by atoms with E-state index in [1.807, 2.05) is 0 Å². The van der Waals surface area contributed by atoms with E-state index in [0.717, 1.165) is 12.8 Å². The van der Waals surface area contributed by atoms with Gasteiger partial charge >= 0.3 is 0 Å². The van der Waals surface area contributed by atoms with Crippen molar-refractivity contribution in [3.05, 3.63) is 42.2 Å². The highest BCUT2D eigenvalue weighted by molar-refractivity contribution is 7.90. The van der Waals surface area contributed by atoms with Crippen molar-refractivity contribution in [1.29, 1.82) is 0 Å². The summed E-state index contributed by atoms with van der Waals surface area (Å²) in [6, 6.07) is 6.33. The zero-order valence-electron chi connectivity index (χ0n) is 13.7. The van der Waals surface area contributed by atoms with Crippen molar-refractivity contribution in [2.75, 3.05) is 18.2 Å². The largest absolute Gasteiger partial charge is 0.311 e. The summed E-state index contributed by atoms with van der Waals surface area (Å²) in [6.07, 6.45) is 4.38. The SMILES string of the molecule is CC(C)Cn1cc(C(=O)N(C)c2cccc(S(C)(=O)=O)c2)cn1. The summed E-state index contributed by atoms with van der Waals surface area (Å²) in [7, 11) is -1.70. The molecule has 1 heterocycles. The fourth-order valence-electron chi connectivity index (χ4n) is 2.18. The van der Waals surface area contributed by atoms with Gasteiger partial charge in [0.25, 0.3) is 5.91 Å². The minimum Gasteiger partial charge on any atom is -0.311 e. The first-order valence-electron chi connectivity index (χ1n) is 7.29. The Labute approximate surface area is 136 Å². The molecular formula is C16H21N3O3S. The van der Waals surface area contributed by atoms with Gasteiger partial charge in [0.1, 0.15) is 0 Å². The summed E-state index contributed by atoms with van der Waals surface area (Å²) < 4.78 is 25.0. The molecule has 2 rings (SSSR count). The number of benzene rings is 1. The molecule has 1 aromatic carbocycles. The fraction of sp³-hybridized carbons (Fsp3) is 0.375. The number of aromatic nitrogens is 2. The van der Waals surface area contributed by atoms with E-state index in [0.29, 0.717) is 17.2 Å². The average molecular weight is 335 g/mol. The van der Waals surface area contributed by atoms with Gasteiger partial charge in [-0.15, -0.1) is 0 Å². The molecule has 0 spiro atoms.